The van der Waals surface area contributed by atoms with Crippen LogP contribution in [0, 0.1) is 0 Å². The minimum absolute atomic E-state index is 0.0243. The van der Waals surface area contributed by atoms with Crippen molar-refractivity contribution >= 4 is 44.5 Å². The van der Waals surface area contributed by atoms with E-state index in [1.54, 1.807) is 24.1 Å². The molecule has 2 aliphatic rings. The number of carbonyl (C=O) groups excluding carboxylic acids is 3. The number of nitrogens with one attached hydrogen (secondary N) is 1. The number of carbonyl (C=O) groups is 3. The zero-order chi connectivity index (χ0) is 25.4. The molecule has 5 rings (SSSR count). The van der Waals surface area contributed by atoms with E-state index in [1.165, 1.54) is 21.2 Å². The first-order valence-electron chi connectivity index (χ1n) is 11.5. The van der Waals surface area contributed by atoms with E-state index < -0.39 is 6.17 Å². The number of hydrogen-bond donors (Lipinski definition) is 2. The van der Waals surface area contributed by atoms with Crippen LogP contribution in [0.2, 0.25) is 0 Å². The topological polar surface area (TPSA) is 124 Å². The molecule has 1 atom stereocenters. The Bertz CT molecular complexity index is 1310. The van der Waals surface area contributed by atoms with Crippen LogP contribution in [0.15, 0.2) is 42.5 Å². The van der Waals surface area contributed by atoms with Gasteiger partial charge in [-0.25, -0.2) is 9.78 Å². The number of nitrogens with two attached hydrogens (primary N) is 1. The Balaban J connectivity index is 1.27. The van der Waals surface area contributed by atoms with Crippen LogP contribution in [0.4, 0.5) is 9.93 Å². The van der Waals surface area contributed by atoms with Gasteiger partial charge in [-0.3, -0.25) is 14.6 Å². The molecule has 188 valence electrons. The Hall–Kier alpha value is -3.90. The summed E-state index contributed by atoms with van der Waals surface area (Å²) in [6.07, 6.45) is -0.438. The summed E-state index contributed by atoms with van der Waals surface area (Å²) in [5.74, 6) is 0.411. The number of rotatable bonds is 6. The number of fused-ring (bicyclic) bond motifs is 2. The predicted molar refractivity (Wildman–Crippen MR) is 135 cm³/mol. The Morgan fingerprint density at radius 3 is 2.72 bits per heavy atom. The van der Waals surface area contributed by atoms with E-state index in [0.717, 1.165) is 27.1 Å². The van der Waals surface area contributed by atoms with Crippen LogP contribution in [-0.4, -0.2) is 82.6 Å². The lowest BCUT2D eigenvalue weighted by molar-refractivity contribution is -0.149. The van der Waals surface area contributed by atoms with E-state index in [0.29, 0.717) is 18.2 Å². The molecule has 2 aliphatic heterocycles. The lowest BCUT2D eigenvalue weighted by atomic mass is 10.1. The van der Waals surface area contributed by atoms with E-state index in [1.807, 2.05) is 42.5 Å². The number of nitrogen functional groups attached to an aromatic ring is 1. The first kappa shape index (κ1) is 23.8. The maximum atomic E-state index is 12.9. The lowest BCUT2D eigenvalue weighted by Crippen LogP contribution is -2.61. The maximum absolute atomic E-state index is 12.9. The van der Waals surface area contributed by atoms with Crippen molar-refractivity contribution in [2.45, 2.75) is 19.3 Å². The molecule has 1 aromatic heterocycles. The second-order valence-corrected chi connectivity index (χ2v) is 9.78. The molecule has 3 N–H and O–H groups in total. The average molecular weight is 510 g/mol. The third-order valence-electron chi connectivity index (χ3n) is 6.53. The van der Waals surface area contributed by atoms with E-state index in [9.17, 15) is 14.4 Å². The summed E-state index contributed by atoms with van der Waals surface area (Å²) < 4.78 is 6.12. The van der Waals surface area contributed by atoms with Crippen molar-refractivity contribution in [2.75, 3.05) is 39.5 Å². The molecule has 3 heterocycles. The van der Waals surface area contributed by atoms with Gasteiger partial charge in [0, 0.05) is 20.1 Å². The van der Waals surface area contributed by atoms with Crippen LogP contribution >= 0.6 is 11.3 Å². The smallest absolute Gasteiger partial charge is 0.332 e. The minimum Gasteiger partial charge on any atom is -0.497 e. The fraction of sp³-hybridized carbons (Fsp3) is 0.333. The Kier molecular flexibility index (Phi) is 6.37. The highest BCUT2D eigenvalue weighted by molar-refractivity contribution is 7.22. The van der Waals surface area contributed by atoms with E-state index in [2.05, 4.69) is 10.3 Å². The van der Waals surface area contributed by atoms with Crippen LogP contribution in [0.5, 0.6) is 5.75 Å². The van der Waals surface area contributed by atoms with Crippen LogP contribution in [0.1, 0.15) is 11.1 Å². The number of ether oxygens (including phenoxy) is 1. The van der Waals surface area contributed by atoms with Crippen molar-refractivity contribution in [3.8, 4) is 5.75 Å². The molecule has 0 spiro atoms. The molecule has 4 amide bonds. The summed E-state index contributed by atoms with van der Waals surface area (Å²) in [7, 11) is 3.22. The second-order valence-electron chi connectivity index (χ2n) is 8.72. The number of hydrazine groups is 1. The van der Waals surface area contributed by atoms with E-state index in [4.69, 9.17) is 10.5 Å². The van der Waals surface area contributed by atoms with Crippen molar-refractivity contribution in [1.29, 1.82) is 0 Å². The molecule has 0 aliphatic carbocycles. The Labute approximate surface area is 212 Å². The summed E-state index contributed by atoms with van der Waals surface area (Å²) in [6, 6.07) is 12.9. The second kappa shape index (κ2) is 9.63. The molecule has 0 radical (unpaired) electrons. The van der Waals surface area contributed by atoms with Gasteiger partial charge in [0.15, 0.2) is 5.13 Å². The lowest BCUT2D eigenvalue weighted by Gasteiger charge is -2.41. The van der Waals surface area contributed by atoms with Gasteiger partial charge in [0.2, 0.25) is 11.8 Å². The number of aromatic nitrogens is 1. The highest BCUT2D eigenvalue weighted by atomic mass is 32.1. The summed E-state index contributed by atoms with van der Waals surface area (Å²) in [4.78, 5) is 46.2. The molecule has 2 fully saturated rings. The molecule has 2 aromatic carbocycles. The normalized spacial score (nSPS) is 18.0. The number of para-hydroxylation sites is 1. The maximum Gasteiger partial charge on any atom is 0.332 e. The zero-order valence-corrected chi connectivity index (χ0v) is 20.8. The van der Waals surface area contributed by atoms with E-state index in [-0.39, 0.29) is 37.5 Å². The van der Waals surface area contributed by atoms with Gasteiger partial charge in [-0.1, -0.05) is 35.6 Å². The number of thiazole rings is 1. The zero-order valence-electron chi connectivity index (χ0n) is 20.0. The summed E-state index contributed by atoms with van der Waals surface area (Å²) in [5.41, 5.74) is 8.48. The molecule has 11 nitrogen and oxygen atoms in total. The molecular weight excluding hydrogens is 482 g/mol. The van der Waals surface area contributed by atoms with Crippen LogP contribution in [0.25, 0.3) is 10.2 Å². The molecule has 2 saturated heterocycles. The molecule has 36 heavy (non-hydrogen) atoms. The van der Waals surface area contributed by atoms with Crippen LogP contribution in [-0.2, 0) is 22.7 Å². The van der Waals surface area contributed by atoms with Crippen molar-refractivity contribution in [3.05, 3.63) is 53.6 Å². The third kappa shape index (κ3) is 4.52. The standard InChI is InChI=1S/C24H27N7O4S/c1-28(24(34)26-10-15-6-8-17(35-2)9-7-15)31-14-21(33)30-13-20(32)29(12-19(30)31)11-16-4-3-5-18-22(16)27-23(25)36-18/h3-9,19H,10-14H2,1-2H3,(H2,25,27)(H,26,34)/t19-/m0/s1. The highest BCUT2D eigenvalue weighted by Crippen LogP contribution is 2.29. The third-order valence-corrected chi connectivity index (χ3v) is 7.38. The number of methoxy groups -OCH3 is 1. The van der Waals surface area contributed by atoms with Gasteiger partial charge >= 0.3 is 6.03 Å². The van der Waals surface area contributed by atoms with Crippen LogP contribution in [0.3, 0.4) is 0 Å². The molecule has 3 aromatic rings. The molecular formula is C24H27N7O4S. The molecule has 12 heteroatoms. The average Bonchev–Trinajstić information content (AvgIpc) is 3.42. The fourth-order valence-corrected chi connectivity index (χ4v) is 5.34. The quantitative estimate of drug-likeness (QED) is 0.515. The Morgan fingerprint density at radius 2 is 1.97 bits per heavy atom. The highest BCUT2D eigenvalue weighted by Gasteiger charge is 2.46. The van der Waals surface area contributed by atoms with Crippen molar-refractivity contribution in [1.82, 2.24) is 30.1 Å². The van der Waals surface area contributed by atoms with Gasteiger partial charge in [0.05, 0.1) is 30.4 Å². The fourth-order valence-electron chi connectivity index (χ4n) is 4.56. The Morgan fingerprint density at radius 1 is 1.19 bits per heavy atom. The molecule has 0 saturated carbocycles. The molecule has 0 bridgehead atoms. The summed E-state index contributed by atoms with van der Waals surface area (Å²) in [5, 5.41) is 6.48. The number of amides is 4. The van der Waals surface area contributed by atoms with Crippen molar-refractivity contribution in [3.63, 3.8) is 0 Å². The number of anilines is 1. The SMILES string of the molecule is COc1ccc(CNC(=O)N(C)N2CC(=O)N3CC(=O)N(Cc4cccc5sc(N)nc45)C[C@@H]32)cc1. The first-order chi connectivity index (χ1) is 17.3. The van der Waals surface area contributed by atoms with Crippen molar-refractivity contribution < 1.29 is 19.1 Å². The largest absolute Gasteiger partial charge is 0.497 e. The number of piperazine rings is 1. The van der Waals surface area contributed by atoms with Gasteiger partial charge in [-0.15, -0.1) is 0 Å². The number of hydrogen-bond acceptors (Lipinski definition) is 8. The van der Waals surface area contributed by atoms with Gasteiger partial charge in [0.1, 0.15) is 18.5 Å². The monoisotopic (exact) mass is 509 g/mol. The number of nitrogens with zero attached hydrogens (tertiary/aromatic N) is 5. The van der Waals surface area contributed by atoms with Gasteiger partial charge in [-0.05, 0) is 29.3 Å². The van der Waals surface area contributed by atoms with Crippen molar-refractivity contribution in [2.24, 2.45) is 0 Å². The van der Waals surface area contributed by atoms with E-state index >= 15 is 0 Å². The van der Waals surface area contributed by atoms with Gasteiger partial charge < -0.3 is 25.6 Å². The minimum atomic E-state index is -0.438. The first-order valence-corrected chi connectivity index (χ1v) is 12.3. The summed E-state index contributed by atoms with van der Waals surface area (Å²) in [6.45, 7) is 0.942. The van der Waals surface area contributed by atoms with Gasteiger partial charge in [-0.2, -0.15) is 5.01 Å². The van der Waals surface area contributed by atoms with Gasteiger partial charge in [0.25, 0.3) is 0 Å². The predicted octanol–water partition coefficient (Wildman–Crippen LogP) is 1.46. The molecule has 0 unspecified atom stereocenters. The summed E-state index contributed by atoms with van der Waals surface area (Å²) >= 11 is 1.40. The van der Waals surface area contributed by atoms with Crippen LogP contribution < -0.4 is 15.8 Å². The number of benzene rings is 2. The number of urea groups is 1.